The number of thiophene rings is 1. The first-order chi connectivity index (χ1) is 8.58. The van der Waals surface area contributed by atoms with Gasteiger partial charge in [-0.1, -0.05) is 23.7 Å². The fraction of sp³-hybridized carbons (Fsp3) is 0.154. The number of hydrogen-bond donors (Lipinski definition) is 1. The molecule has 0 aliphatic rings. The SMILES string of the molecule is C[C@H](NC(=O)c1ccccc1Br)c1ccc(Cl)s1. The second kappa shape index (κ2) is 5.87. The number of amides is 1. The summed E-state index contributed by atoms with van der Waals surface area (Å²) in [6.07, 6.45) is 0. The average Bonchev–Trinajstić information content (AvgIpc) is 2.76. The van der Waals surface area contributed by atoms with Crippen molar-refractivity contribution >= 4 is 44.8 Å². The molecule has 0 spiro atoms. The van der Waals surface area contributed by atoms with Crippen molar-refractivity contribution < 1.29 is 4.79 Å². The number of carbonyl (C=O) groups excluding carboxylic acids is 1. The lowest BCUT2D eigenvalue weighted by atomic mass is 10.2. The van der Waals surface area contributed by atoms with Gasteiger partial charge in [-0.2, -0.15) is 0 Å². The van der Waals surface area contributed by atoms with Gasteiger partial charge < -0.3 is 5.32 Å². The lowest BCUT2D eigenvalue weighted by Crippen LogP contribution is -2.26. The standard InChI is InChI=1S/C13H11BrClNOS/c1-8(11-6-7-12(15)18-11)16-13(17)9-4-2-3-5-10(9)14/h2-8H,1H3,(H,16,17)/t8-/m0/s1. The number of hydrogen-bond acceptors (Lipinski definition) is 2. The van der Waals surface area contributed by atoms with Gasteiger partial charge in [0.05, 0.1) is 15.9 Å². The predicted octanol–water partition coefficient (Wildman–Crippen LogP) is 4.66. The summed E-state index contributed by atoms with van der Waals surface area (Å²) in [4.78, 5) is 13.1. The molecule has 1 aromatic heterocycles. The zero-order valence-electron chi connectivity index (χ0n) is 9.61. The third kappa shape index (κ3) is 3.13. The van der Waals surface area contributed by atoms with Gasteiger partial charge >= 0.3 is 0 Å². The summed E-state index contributed by atoms with van der Waals surface area (Å²) >= 11 is 10.7. The summed E-state index contributed by atoms with van der Waals surface area (Å²) in [5, 5.41) is 2.95. The molecule has 0 saturated heterocycles. The number of halogens is 2. The van der Waals surface area contributed by atoms with E-state index in [9.17, 15) is 4.79 Å². The zero-order valence-corrected chi connectivity index (χ0v) is 12.8. The number of carbonyl (C=O) groups is 1. The van der Waals surface area contributed by atoms with Crippen LogP contribution in [0.1, 0.15) is 28.2 Å². The Labute approximate surface area is 123 Å². The first kappa shape index (κ1) is 13.6. The molecule has 1 aromatic carbocycles. The largest absolute Gasteiger partial charge is 0.345 e. The highest BCUT2D eigenvalue weighted by atomic mass is 79.9. The number of nitrogens with one attached hydrogen (secondary N) is 1. The van der Waals surface area contributed by atoms with Crippen molar-refractivity contribution in [2.45, 2.75) is 13.0 Å². The van der Waals surface area contributed by atoms with Crippen LogP contribution in [-0.2, 0) is 0 Å². The van der Waals surface area contributed by atoms with E-state index in [-0.39, 0.29) is 11.9 Å². The van der Waals surface area contributed by atoms with E-state index in [4.69, 9.17) is 11.6 Å². The molecule has 2 rings (SSSR count). The quantitative estimate of drug-likeness (QED) is 0.862. The van der Waals surface area contributed by atoms with Gasteiger partial charge in [-0.25, -0.2) is 0 Å². The van der Waals surface area contributed by atoms with Crippen molar-refractivity contribution in [3.8, 4) is 0 Å². The van der Waals surface area contributed by atoms with E-state index in [0.717, 1.165) is 13.7 Å². The maximum absolute atomic E-state index is 12.1. The summed E-state index contributed by atoms with van der Waals surface area (Å²) in [6.45, 7) is 1.94. The van der Waals surface area contributed by atoms with Gasteiger partial charge in [0.25, 0.3) is 5.91 Å². The van der Waals surface area contributed by atoms with Gasteiger partial charge in [-0.3, -0.25) is 4.79 Å². The number of rotatable bonds is 3. The molecule has 0 radical (unpaired) electrons. The Hall–Kier alpha value is -0.840. The van der Waals surface area contributed by atoms with Crippen LogP contribution < -0.4 is 5.32 Å². The Balaban J connectivity index is 2.10. The maximum atomic E-state index is 12.1. The molecule has 0 aliphatic heterocycles. The van der Waals surface area contributed by atoms with Crippen molar-refractivity contribution in [3.63, 3.8) is 0 Å². The van der Waals surface area contributed by atoms with E-state index in [1.165, 1.54) is 11.3 Å². The summed E-state index contributed by atoms with van der Waals surface area (Å²) in [5.41, 5.74) is 0.631. The van der Waals surface area contributed by atoms with Crippen LogP contribution in [0, 0.1) is 0 Å². The van der Waals surface area contributed by atoms with Gasteiger partial charge in [-0.05, 0) is 47.1 Å². The summed E-state index contributed by atoms with van der Waals surface area (Å²) < 4.78 is 1.52. The molecule has 1 atom stereocenters. The van der Waals surface area contributed by atoms with Crippen molar-refractivity contribution in [1.29, 1.82) is 0 Å². The Morgan fingerprint density at radius 3 is 2.67 bits per heavy atom. The number of benzene rings is 1. The highest BCUT2D eigenvalue weighted by Crippen LogP contribution is 2.27. The third-order valence-corrected chi connectivity index (χ3v) is 4.59. The minimum Gasteiger partial charge on any atom is -0.345 e. The van der Waals surface area contributed by atoms with Crippen LogP contribution in [-0.4, -0.2) is 5.91 Å². The van der Waals surface area contributed by atoms with E-state index in [1.54, 1.807) is 6.07 Å². The molecular weight excluding hydrogens is 334 g/mol. The maximum Gasteiger partial charge on any atom is 0.252 e. The van der Waals surface area contributed by atoms with Gasteiger partial charge in [0, 0.05) is 9.35 Å². The molecule has 0 bridgehead atoms. The Morgan fingerprint density at radius 1 is 1.33 bits per heavy atom. The molecule has 0 fully saturated rings. The normalized spacial score (nSPS) is 12.2. The van der Waals surface area contributed by atoms with Gasteiger partial charge in [0.1, 0.15) is 0 Å². The molecular formula is C13H11BrClNOS. The average molecular weight is 345 g/mol. The predicted molar refractivity (Wildman–Crippen MR) is 79.4 cm³/mol. The van der Waals surface area contributed by atoms with Crippen molar-refractivity contribution in [2.75, 3.05) is 0 Å². The van der Waals surface area contributed by atoms with Crippen LogP contribution in [0.5, 0.6) is 0 Å². The fourth-order valence-corrected chi connectivity index (χ4v) is 3.08. The van der Waals surface area contributed by atoms with Crippen LogP contribution in [0.2, 0.25) is 4.34 Å². The summed E-state index contributed by atoms with van der Waals surface area (Å²) in [7, 11) is 0. The van der Waals surface area contributed by atoms with Crippen molar-refractivity contribution in [1.82, 2.24) is 5.32 Å². The molecule has 1 amide bonds. The second-order valence-corrected chi connectivity index (χ2v) is 6.42. The Bertz CT molecular complexity index is 570. The van der Waals surface area contributed by atoms with E-state index in [1.807, 2.05) is 37.3 Å². The van der Waals surface area contributed by atoms with Gasteiger partial charge in [-0.15, -0.1) is 11.3 Å². The molecule has 2 nitrogen and oxygen atoms in total. The molecule has 0 saturated carbocycles. The fourth-order valence-electron chi connectivity index (χ4n) is 1.55. The van der Waals surface area contributed by atoms with Crippen LogP contribution >= 0.6 is 38.9 Å². The van der Waals surface area contributed by atoms with E-state index in [0.29, 0.717) is 5.56 Å². The minimum absolute atomic E-state index is 0.0536. The summed E-state index contributed by atoms with van der Waals surface area (Å²) in [6, 6.07) is 11.1. The smallest absolute Gasteiger partial charge is 0.252 e. The van der Waals surface area contributed by atoms with Gasteiger partial charge in [0.15, 0.2) is 0 Å². The summed E-state index contributed by atoms with van der Waals surface area (Å²) in [5.74, 6) is -0.0977. The highest BCUT2D eigenvalue weighted by molar-refractivity contribution is 9.10. The topological polar surface area (TPSA) is 29.1 Å². The minimum atomic E-state index is -0.0977. The Kier molecular flexibility index (Phi) is 4.43. The second-order valence-electron chi connectivity index (χ2n) is 3.82. The van der Waals surface area contributed by atoms with E-state index in [2.05, 4.69) is 21.2 Å². The van der Waals surface area contributed by atoms with Crippen molar-refractivity contribution in [2.24, 2.45) is 0 Å². The zero-order chi connectivity index (χ0) is 13.1. The van der Waals surface area contributed by atoms with Gasteiger partial charge in [0.2, 0.25) is 0 Å². The first-order valence-electron chi connectivity index (χ1n) is 5.38. The van der Waals surface area contributed by atoms with E-state index >= 15 is 0 Å². The monoisotopic (exact) mass is 343 g/mol. The molecule has 94 valence electrons. The molecule has 18 heavy (non-hydrogen) atoms. The van der Waals surface area contributed by atoms with Crippen LogP contribution in [0.25, 0.3) is 0 Å². The van der Waals surface area contributed by atoms with Crippen LogP contribution in [0.3, 0.4) is 0 Å². The highest BCUT2D eigenvalue weighted by Gasteiger charge is 2.14. The lowest BCUT2D eigenvalue weighted by Gasteiger charge is -2.12. The first-order valence-corrected chi connectivity index (χ1v) is 7.37. The Morgan fingerprint density at radius 2 is 2.06 bits per heavy atom. The van der Waals surface area contributed by atoms with Crippen molar-refractivity contribution in [3.05, 3.63) is 55.6 Å². The molecule has 1 heterocycles. The lowest BCUT2D eigenvalue weighted by molar-refractivity contribution is 0.0939. The molecule has 5 heteroatoms. The van der Waals surface area contributed by atoms with Crippen LogP contribution in [0.4, 0.5) is 0 Å². The molecule has 1 N–H and O–H groups in total. The van der Waals surface area contributed by atoms with E-state index < -0.39 is 0 Å². The molecule has 0 unspecified atom stereocenters. The molecule has 2 aromatic rings. The van der Waals surface area contributed by atoms with Crippen LogP contribution in [0.15, 0.2) is 40.9 Å². The third-order valence-electron chi connectivity index (χ3n) is 2.49. The molecule has 0 aliphatic carbocycles.